The zero-order valence-electron chi connectivity index (χ0n) is 16.7. The van der Waals surface area contributed by atoms with Crippen molar-refractivity contribution >= 4 is 21.8 Å². The molecule has 0 heterocycles. The first-order chi connectivity index (χ1) is 13.1. The molecule has 0 aromatic heterocycles. The summed E-state index contributed by atoms with van der Waals surface area (Å²) in [6.07, 6.45) is 0. The highest BCUT2D eigenvalue weighted by atomic mass is 32.2. The van der Waals surface area contributed by atoms with Crippen LogP contribution in [0.15, 0.2) is 47.4 Å². The highest BCUT2D eigenvalue weighted by Gasteiger charge is 2.21. The number of nitrogens with one attached hydrogen (secondary N) is 1. The summed E-state index contributed by atoms with van der Waals surface area (Å²) in [6.45, 7) is 2.10. The van der Waals surface area contributed by atoms with Crippen LogP contribution in [0.25, 0.3) is 0 Å². The lowest BCUT2D eigenvalue weighted by molar-refractivity contribution is 0.0783. The number of nitrogens with zero attached hydrogens (tertiary/aromatic N) is 2. The van der Waals surface area contributed by atoms with E-state index in [9.17, 15) is 18.0 Å². The minimum absolute atomic E-state index is 0.0785. The summed E-state index contributed by atoms with van der Waals surface area (Å²) in [5.74, 6) is -0.450. The summed E-state index contributed by atoms with van der Waals surface area (Å²) < 4.78 is 25.8. The molecule has 0 saturated carbocycles. The van der Waals surface area contributed by atoms with E-state index in [0.717, 1.165) is 9.87 Å². The molecule has 7 nitrogen and oxygen atoms in total. The number of sulfonamides is 1. The van der Waals surface area contributed by atoms with E-state index in [-0.39, 0.29) is 16.7 Å². The van der Waals surface area contributed by atoms with E-state index < -0.39 is 10.0 Å². The van der Waals surface area contributed by atoms with E-state index in [1.165, 1.54) is 31.1 Å². The first-order valence-electron chi connectivity index (χ1n) is 8.67. The standard InChI is InChI=1S/C20H25N3O4S/c1-14-6-11-17(28(26,27)22(3)4)12-18(14)20(25)23(5)13-15-7-9-16(10-8-15)19(24)21-2/h6-12H,13H2,1-5H3,(H,21,24). The molecule has 150 valence electrons. The average molecular weight is 404 g/mol. The lowest BCUT2D eigenvalue weighted by Gasteiger charge is -2.20. The molecule has 28 heavy (non-hydrogen) atoms. The highest BCUT2D eigenvalue weighted by Crippen LogP contribution is 2.20. The van der Waals surface area contributed by atoms with E-state index in [2.05, 4.69) is 5.32 Å². The Morgan fingerprint density at radius 3 is 2.14 bits per heavy atom. The van der Waals surface area contributed by atoms with Crippen molar-refractivity contribution in [2.24, 2.45) is 0 Å². The maximum absolute atomic E-state index is 12.9. The molecule has 0 fully saturated rings. The van der Waals surface area contributed by atoms with Crippen LogP contribution in [0.5, 0.6) is 0 Å². The van der Waals surface area contributed by atoms with Gasteiger partial charge in [-0.15, -0.1) is 0 Å². The van der Waals surface area contributed by atoms with Gasteiger partial charge in [0.2, 0.25) is 10.0 Å². The molecule has 0 spiro atoms. The maximum atomic E-state index is 12.9. The molecule has 1 N–H and O–H groups in total. The van der Waals surface area contributed by atoms with E-state index in [4.69, 9.17) is 0 Å². The van der Waals surface area contributed by atoms with Crippen molar-refractivity contribution in [1.29, 1.82) is 0 Å². The number of benzene rings is 2. The Morgan fingerprint density at radius 2 is 1.61 bits per heavy atom. The minimum Gasteiger partial charge on any atom is -0.355 e. The number of rotatable bonds is 6. The SMILES string of the molecule is CNC(=O)c1ccc(CN(C)C(=O)c2cc(S(=O)(=O)N(C)C)ccc2C)cc1. The van der Waals surface area contributed by atoms with Gasteiger partial charge in [-0.25, -0.2) is 12.7 Å². The lowest BCUT2D eigenvalue weighted by Crippen LogP contribution is -2.28. The summed E-state index contributed by atoms with van der Waals surface area (Å²) >= 11 is 0. The van der Waals surface area contributed by atoms with Crippen LogP contribution in [0, 0.1) is 6.92 Å². The molecule has 0 bridgehead atoms. The van der Waals surface area contributed by atoms with E-state index in [1.54, 1.807) is 51.4 Å². The Hall–Kier alpha value is -2.71. The van der Waals surface area contributed by atoms with Crippen LogP contribution in [0.2, 0.25) is 0 Å². The van der Waals surface area contributed by atoms with Crippen LogP contribution >= 0.6 is 0 Å². The van der Waals surface area contributed by atoms with Gasteiger partial charge in [0.15, 0.2) is 0 Å². The highest BCUT2D eigenvalue weighted by molar-refractivity contribution is 7.89. The molecule has 0 saturated heterocycles. The second kappa shape index (κ2) is 8.53. The van der Waals surface area contributed by atoms with Crippen molar-refractivity contribution in [3.8, 4) is 0 Å². The van der Waals surface area contributed by atoms with Crippen LogP contribution in [0.4, 0.5) is 0 Å². The monoisotopic (exact) mass is 403 g/mol. The van der Waals surface area contributed by atoms with Crippen molar-refractivity contribution in [1.82, 2.24) is 14.5 Å². The second-order valence-corrected chi connectivity index (χ2v) is 8.85. The first kappa shape index (κ1) is 21.6. The smallest absolute Gasteiger partial charge is 0.254 e. The zero-order valence-corrected chi connectivity index (χ0v) is 17.5. The second-order valence-electron chi connectivity index (χ2n) is 6.70. The van der Waals surface area contributed by atoms with Crippen molar-refractivity contribution in [2.45, 2.75) is 18.4 Å². The average Bonchev–Trinajstić information content (AvgIpc) is 2.67. The maximum Gasteiger partial charge on any atom is 0.254 e. The molecule has 0 radical (unpaired) electrons. The van der Waals surface area contributed by atoms with Crippen molar-refractivity contribution in [2.75, 3.05) is 28.2 Å². The van der Waals surface area contributed by atoms with Crippen LogP contribution < -0.4 is 5.32 Å². The minimum atomic E-state index is -3.63. The van der Waals surface area contributed by atoms with Gasteiger partial charge in [-0.1, -0.05) is 18.2 Å². The Morgan fingerprint density at radius 1 is 1.00 bits per heavy atom. The molecule has 2 rings (SSSR count). The number of carbonyl (C=O) groups excluding carboxylic acids is 2. The summed E-state index contributed by atoms with van der Waals surface area (Å²) in [5, 5.41) is 2.56. The van der Waals surface area contributed by atoms with Gasteiger partial charge in [0, 0.05) is 45.9 Å². The molecule has 0 aliphatic heterocycles. The predicted molar refractivity (Wildman–Crippen MR) is 108 cm³/mol. The first-order valence-corrected chi connectivity index (χ1v) is 10.1. The normalized spacial score (nSPS) is 11.4. The third kappa shape index (κ3) is 4.58. The number of carbonyl (C=O) groups is 2. The molecule has 8 heteroatoms. The fourth-order valence-electron chi connectivity index (χ4n) is 2.66. The molecular formula is C20H25N3O4S. The number of amides is 2. The van der Waals surface area contributed by atoms with E-state index in [1.807, 2.05) is 0 Å². The molecule has 2 aromatic rings. The summed E-state index contributed by atoms with van der Waals surface area (Å²) in [6, 6.07) is 11.5. The summed E-state index contributed by atoms with van der Waals surface area (Å²) in [5.41, 5.74) is 2.44. The molecule has 2 amide bonds. The topological polar surface area (TPSA) is 86.8 Å². The third-order valence-electron chi connectivity index (χ3n) is 4.43. The zero-order chi connectivity index (χ0) is 21.1. The van der Waals surface area contributed by atoms with Gasteiger partial charge in [0.05, 0.1) is 4.90 Å². The van der Waals surface area contributed by atoms with Crippen LogP contribution in [0.1, 0.15) is 31.8 Å². The largest absolute Gasteiger partial charge is 0.355 e. The van der Waals surface area contributed by atoms with Gasteiger partial charge in [-0.3, -0.25) is 9.59 Å². The quantitative estimate of drug-likeness (QED) is 0.798. The van der Waals surface area contributed by atoms with E-state index >= 15 is 0 Å². The Labute approximate surface area is 166 Å². The molecular weight excluding hydrogens is 378 g/mol. The van der Waals surface area contributed by atoms with Gasteiger partial charge >= 0.3 is 0 Å². The summed E-state index contributed by atoms with van der Waals surface area (Å²) in [4.78, 5) is 26.1. The summed E-state index contributed by atoms with van der Waals surface area (Å²) in [7, 11) is 2.49. The van der Waals surface area contributed by atoms with Gasteiger partial charge in [0.1, 0.15) is 0 Å². The molecule has 0 unspecified atom stereocenters. The van der Waals surface area contributed by atoms with E-state index in [0.29, 0.717) is 23.2 Å². The Kier molecular flexibility index (Phi) is 6.58. The van der Waals surface area contributed by atoms with Crippen LogP contribution in [-0.4, -0.2) is 57.6 Å². The molecule has 0 aliphatic rings. The van der Waals surface area contributed by atoms with Crippen molar-refractivity contribution < 1.29 is 18.0 Å². The van der Waals surface area contributed by atoms with Crippen LogP contribution in [-0.2, 0) is 16.6 Å². The van der Waals surface area contributed by atoms with Crippen molar-refractivity contribution in [3.05, 3.63) is 64.7 Å². The predicted octanol–water partition coefficient (Wildman–Crippen LogP) is 1.88. The number of hydrogen-bond acceptors (Lipinski definition) is 4. The number of hydrogen-bond donors (Lipinski definition) is 1. The Balaban J connectivity index is 2.24. The van der Waals surface area contributed by atoms with Crippen molar-refractivity contribution in [3.63, 3.8) is 0 Å². The fraction of sp³-hybridized carbons (Fsp3) is 0.300. The van der Waals surface area contributed by atoms with Gasteiger partial charge in [0.25, 0.3) is 11.8 Å². The molecule has 0 atom stereocenters. The molecule has 2 aromatic carbocycles. The van der Waals surface area contributed by atoms with Crippen LogP contribution in [0.3, 0.4) is 0 Å². The van der Waals surface area contributed by atoms with Gasteiger partial charge in [-0.05, 0) is 42.3 Å². The number of aryl methyl sites for hydroxylation is 1. The third-order valence-corrected chi connectivity index (χ3v) is 6.24. The Bertz CT molecular complexity index is 983. The van der Waals surface area contributed by atoms with Gasteiger partial charge < -0.3 is 10.2 Å². The van der Waals surface area contributed by atoms with Gasteiger partial charge in [-0.2, -0.15) is 0 Å². The lowest BCUT2D eigenvalue weighted by atomic mass is 10.1. The fourth-order valence-corrected chi connectivity index (χ4v) is 3.59. The molecule has 0 aliphatic carbocycles.